The van der Waals surface area contributed by atoms with E-state index in [2.05, 4.69) is 5.32 Å². The number of nitrogen functional groups attached to an aromatic ring is 1. The molecule has 1 aliphatic rings. The van der Waals surface area contributed by atoms with Crippen molar-refractivity contribution in [2.45, 2.75) is 11.8 Å². The molecule has 1 aliphatic carbocycles. The number of hydrogen-bond acceptors (Lipinski definition) is 7. The predicted molar refractivity (Wildman–Crippen MR) is 129 cm³/mol. The van der Waals surface area contributed by atoms with E-state index in [0.717, 1.165) is 6.07 Å². The first-order valence-corrected chi connectivity index (χ1v) is 11.2. The first-order valence-electron chi connectivity index (χ1n) is 9.74. The first kappa shape index (κ1) is 25.6. The molecule has 3 aromatic rings. The number of amides is 1. The van der Waals surface area contributed by atoms with E-state index in [1.54, 1.807) is 43.4 Å². The largest absolute Gasteiger partial charge is 0.397 e. The van der Waals surface area contributed by atoms with Crippen LogP contribution in [0, 0.1) is 0 Å². The van der Waals surface area contributed by atoms with Gasteiger partial charge in [0.1, 0.15) is 4.90 Å². The van der Waals surface area contributed by atoms with Crippen LogP contribution in [0.3, 0.4) is 0 Å². The Hall–Kier alpha value is -3.02. The summed E-state index contributed by atoms with van der Waals surface area (Å²) < 4.78 is 33.6. The number of nitrogens with one attached hydrogen (secondary N) is 1. The minimum absolute atomic E-state index is 0. The minimum Gasteiger partial charge on any atom is -0.397 e. The van der Waals surface area contributed by atoms with Crippen LogP contribution in [0.2, 0.25) is 0 Å². The van der Waals surface area contributed by atoms with Gasteiger partial charge in [0.2, 0.25) is 5.91 Å². The zero-order valence-corrected chi connectivity index (χ0v) is 21.4. The molecule has 4 rings (SSSR count). The van der Waals surface area contributed by atoms with Crippen molar-refractivity contribution in [2.24, 2.45) is 0 Å². The van der Waals surface area contributed by atoms with Crippen LogP contribution in [-0.2, 0) is 14.9 Å². The molecule has 11 heteroatoms. The van der Waals surface area contributed by atoms with E-state index >= 15 is 0 Å². The number of nitrogens with zero attached hydrogens (tertiary/aromatic N) is 1. The molecule has 0 spiro atoms. The summed E-state index contributed by atoms with van der Waals surface area (Å²) in [6, 6.07) is 13.7. The van der Waals surface area contributed by atoms with E-state index in [9.17, 15) is 27.4 Å². The van der Waals surface area contributed by atoms with E-state index in [4.69, 9.17) is 5.73 Å². The average Bonchev–Trinajstić information content (AvgIpc) is 2.77. The minimum atomic E-state index is -4.80. The Morgan fingerprint density at radius 1 is 0.971 bits per heavy atom. The summed E-state index contributed by atoms with van der Waals surface area (Å²) in [4.78, 5) is 38.8. The molecule has 0 fully saturated rings. The standard InChI is InChI=1S/C23H19N3O6S.Na/c1-12(27)26(2)14-9-7-13(8-10-14)25-17-11-18(33(30,31)32)21(24)20-19(17)22(28)15-5-3-4-6-16(15)23(20)29;/h3-11,25H,24H2,1-2H3,(H,30,31,32);. The summed E-state index contributed by atoms with van der Waals surface area (Å²) in [6.07, 6.45) is 0. The van der Waals surface area contributed by atoms with Crippen LogP contribution in [0.15, 0.2) is 59.5 Å². The van der Waals surface area contributed by atoms with Crippen molar-refractivity contribution < 1.29 is 27.4 Å². The molecule has 0 heterocycles. The summed E-state index contributed by atoms with van der Waals surface area (Å²) in [5.41, 5.74) is 6.41. The number of carbonyl (C=O) groups excluding carboxylic acids is 3. The zero-order valence-electron chi connectivity index (χ0n) is 18.6. The van der Waals surface area contributed by atoms with Crippen molar-refractivity contribution in [1.29, 1.82) is 0 Å². The van der Waals surface area contributed by atoms with Crippen molar-refractivity contribution in [3.8, 4) is 0 Å². The molecule has 1 amide bonds. The third-order valence-corrected chi connectivity index (χ3v) is 6.38. The molecule has 4 N–H and O–H groups in total. The normalized spacial score (nSPS) is 12.3. The van der Waals surface area contributed by atoms with E-state index < -0.39 is 32.3 Å². The predicted octanol–water partition coefficient (Wildman–Crippen LogP) is 2.64. The maximum absolute atomic E-state index is 13.3. The molecule has 0 saturated heterocycles. The fraction of sp³-hybridized carbons (Fsp3) is 0.0870. The van der Waals surface area contributed by atoms with Crippen LogP contribution < -0.4 is 16.0 Å². The van der Waals surface area contributed by atoms with Gasteiger partial charge >= 0.3 is 0 Å². The van der Waals surface area contributed by atoms with Gasteiger partial charge in [-0.25, -0.2) is 0 Å². The van der Waals surface area contributed by atoms with Gasteiger partial charge in [-0.05, 0) is 30.3 Å². The summed E-state index contributed by atoms with van der Waals surface area (Å²) in [5, 5.41) is 2.94. The van der Waals surface area contributed by atoms with Gasteiger partial charge in [0.15, 0.2) is 11.6 Å². The summed E-state index contributed by atoms with van der Waals surface area (Å²) in [6.45, 7) is 1.42. The number of nitrogens with two attached hydrogens (primary N) is 1. The summed E-state index contributed by atoms with van der Waals surface area (Å²) >= 11 is 0. The van der Waals surface area contributed by atoms with Gasteiger partial charge < -0.3 is 16.0 Å². The number of benzene rings is 3. The molecule has 34 heavy (non-hydrogen) atoms. The molecule has 1 radical (unpaired) electrons. The maximum atomic E-state index is 13.3. The van der Waals surface area contributed by atoms with Crippen molar-refractivity contribution in [2.75, 3.05) is 23.0 Å². The number of hydrogen-bond donors (Lipinski definition) is 3. The summed E-state index contributed by atoms with van der Waals surface area (Å²) in [5.74, 6) is -1.29. The van der Waals surface area contributed by atoms with Gasteiger partial charge in [0.05, 0.1) is 22.5 Å². The third-order valence-electron chi connectivity index (χ3n) is 5.48. The van der Waals surface area contributed by atoms with Crippen LogP contribution >= 0.6 is 0 Å². The number of rotatable bonds is 4. The van der Waals surface area contributed by atoms with Gasteiger partial charge in [-0.1, -0.05) is 24.3 Å². The molecule has 169 valence electrons. The summed E-state index contributed by atoms with van der Waals surface area (Å²) in [7, 11) is -3.19. The molecule has 9 nitrogen and oxygen atoms in total. The maximum Gasteiger partial charge on any atom is 0.296 e. The molecule has 0 aliphatic heterocycles. The zero-order chi connectivity index (χ0) is 24.1. The van der Waals surface area contributed by atoms with Crippen molar-refractivity contribution in [1.82, 2.24) is 0 Å². The van der Waals surface area contributed by atoms with E-state index in [1.807, 2.05) is 0 Å². The molecular formula is C23H19N3NaO6S. The molecule has 0 bridgehead atoms. The van der Waals surface area contributed by atoms with E-state index in [0.29, 0.717) is 11.4 Å². The fourth-order valence-corrected chi connectivity index (χ4v) is 4.36. The number of fused-ring (bicyclic) bond motifs is 2. The van der Waals surface area contributed by atoms with E-state index in [-0.39, 0.29) is 63.4 Å². The number of anilines is 4. The Bertz CT molecular complexity index is 1450. The smallest absolute Gasteiger partial charge is 0.296 e. The van der Waals surface area contributed by atoms with Crippen LogP contribution in [0.1, 0.15) is 38.8 Å². The van der Waals surface area contributed by atoms with Gasteiger partial charge in [0, 0.05) is 66.0 Å². The van der Waals surface area contributed by atoms with Gasteiger partial charge in [-0.3, -0.25) is 18.9 Å². The third kappa shape index (κ3) is 4.38. The average molecular weight is 488 g/mol. The molecule has 3 aromatic carbocycles. The molecule has 0 saturated carbocycles. The molecular weight excluding hydrogens is 469 g/mol. The van der Waals surface area contributed by atoms with Crippen LogP contribution in [-0.4, -0.2) is 67.0 Å². The quantitative estimate of drug-likeness (QED) is 0.226. The monoisotopic (exact) mass is 488 g/mol. The van der Waals surface area contributed by atoms with Gasteiger partial charge in [-0.2, -0.15) is 8.42 Å². The Morgan fingerprint density at radius 2 is 1.50 bits per heavy atom. The second-order valence-corrected chi connectivity index (χ2v) is 8.90. The van der Waals surface area contributed by atoms with Crippen molar-refractivity contribution >= 4 is 79.9 Å². The fourth-order valence-electron chi connectivity index (χ4n) is 3.71. The number of ketones is 2. The van der Waals surface area contributed by atoms with Crippen LogP contribution in [0.4, 0.5) is 22.7 Å². The van der Waals surface area contributed by atoms with Crippen molar-refractivity contribution in [3.63, 3.8) is 0 Å². The second kappa shape index (κ2) is 9.32. The van der Waals surface area contributed by atoms with Gasteiger partial charge in [0.25, 0.3) is 10.1 Å². The van der Waals surface area contributed by atoms with E-state index in [1.165, 1.54) is 24.0 Å². The molecule has 0 aromatic heterocycles. The SMILES string of the molecule is CC(=O)N(C)c1ccc(Nc2cc(S(=O)(=O)O)c(N)c3c2C(=O)c2ccccc2C3=O)cc1.[Na]. The Morgan fingerprint density at radius 3 is 2.00 bits per heavy atom. The molecule has 0 atom stereocenters. The Kier molecular flexibility index (Phi) is 7.02. The molecule has 0 unspecified atom stereocenters. The Labute approximate surface area is 218 Å². The topological polar surface area (TPSA) is 147 Å². The second-order valence-electron chi connectivity index (χ2n) is 7.51. The number of carbonyl (C=O) groups is 3. The van der Waals surface area contributed by atoms with Gasteiger partial charge in [-0.15, -0.1) is 0 Å². The van der Waals surface area contributed by atoms with Crippen LogP contribution in [0.25, 0.3) is 0 Å². The Balaban J connectivity index is 0.00000324. The van der Waals surface area contributed by atoms with Crippen LogP contribution in [0.5, 0.6) is 0 Å². The first-order chi connectivity index (χ1) is 15.5. The van der Waals surface area contributed by atoms with Crippen molar-refractivity contribution in [3.05, 3.63) is 76.9 Å².